The zero-order valence-corrected chi connectivity index (χ0v) is 11.8. The highest BCUT2D eigenvalue weighted by atomic mass is 32.2. The van der Waals surface area contributed by atoms with Crippen molar-refractivity contribution in [1.29, 1.82) is 0 Å². The second kappa shape index (κ2) is 6.47. The maximum atomic E-state index is 12.3. The Bertz CT molecular complexity index is 472. The number of likely N-dealkylation sites (N-methyl/N-ethyl adjacent to an activating group) is 1. The van der Waals surface area contributed by atoms with Crippen LogP contribution in [-0.4, -0.2) is 44.1 Å². The van der Waals surface area contributed by atoms with Crippen LogP contribution >= 0.6 is 0 Å². The Kier molecular flexibility index (Phi) is 4.92. The third-order valence-electron chi connectivity index (χ3n) is 3.25. The molecule has 0 saturated carbocycles. The summed E-state index contributed by atoms with van der Waals surface area (Å²) in [7, 11) is -1.63. The molecule has 0 radical (unpaired) electrons. The van der Waals surface area contributed by atoms with Gasteiger partial charge in [0.15, 0.2) is 0 Å². The number of hydrogen-bond acceptors (Lipinski definition) is 5. The second-order valence-electron chi connectivity index (χ2n) is 4.63. The third-order valence-corrected chi connectivity index (χ3v) is 4.86. The minimum absolute atomic E-state index is 0.0218. The lowest BCUT2D eigenvalue weighted by Crippen LogP contribution is -2.51. The van der Waals surface area contributed by atoms with Gasteiger partial charge in [-0.05, 0) is 19.9 Å². The third kappa shape index (κ3) is 3.75. The molecular weight excluding hydrogens is 268 g/mol. The van der Waals surface area contributed by atoms with Crippen molar-refractivity contribution in [2.45, 2.75) is 31.8 Å². The van der Waals surface area contributed by atoms with Crippen molar-refractivity contribution in [2.24, 2.45) is 0 Å². The van der Waals surface area contributed by atoms with E-state index in [0.717, 1.165) is 19.3 Å². The van der Waals surface area contributed by atoms with Crippen LogP contribution in [0.2, 0.25) is 0 Å². The molecule has 8 heteroatoms. The fourth-order valence-electron chi connectivity index (χ4n) is 2.31. The van der Waals surface area contributed by atoms with E-state index < -0.39 is 10.2 Å². The standard InChI is InChI=1S/C11H20N4O3S/c1-12-9-11-4-2-3-6-15(11)19(16,17)13-8-10-5-7-18-14-10/h5,7,11-13H,2-4,6,8-9H2,1H3. The molecule has 2 heterocycles. The van der Waals surface area contributed by atoms with Gasteiger partial charge in [-0.25, -0.2) is 0 Å². The van der Waals surface area contributed by atoms with Crippen LogP contribution in [0.25, 0.3) is 0 Å². The molecule has 1 unspecified atom stereocenters. The molecule has 0 spiro atoms. The quantitative estimate of drug-likeness (QED) is 0.774. The van der Waals surface area contributed by atoms with E-state index in [4.69, 9.17) is 0 Å². The normalized spacial score (nSPS) is 21.6. The molecule has 1 atom stereocenters. The summed E-state index contributed by atoms with van der Waals surface area (Å²) in [5.74, 6) is 0. The van der Waals surface area contributed by atoms with Crippen LogP contribution in [0.1, 0.15) is 25.0 Å². The van der Waals surface area contributed by atoms with Gasteiger partial charge in [0, 0.05) is 25.2 Å². The summed E-state index contributed by atoms with van der Waals surface area (Å²) in [6.45, 7) is 1.40. The highest BCUT2D eigenvalue weighted by molar-refractivity contribution is 7.87. The van der Waals surface area contributed by atoms with E-state index in [1.165, 1.54) is 6.26 Å². The summed E-state index contributed by atoms with van der Waals surface area (Å²) >= 11 is 0. The van der Waals surface area contributed by atoms with Crippen LogP contribution in [-0.2, 0) is 16.8 Å². The largest absolute Gasteiger partial charge is 0.364 e. The van der Waals surface area contributed by atoms with Gasteiger partial charge in [0.05, 0.1) is 12.2 Å². The molecule has 1 saturated heterocycles. The summed E-state index contributed by atoms with van der Waals surface area (Å²) in [4.78, 5) is 0. The van der Waals surface area contributed by atoms with Crippen LogP contribution in [0.4, 0.5) is 0 Å². The van der Waals surface area contributed by atoms with Gasteiger partial charge in [-0.2, -0.15) is 17.4 Å². The Labute approximate surface area is 113 Å². The average Bonchev–Trinajstić information content (AvgIpc) is 2.91. The average molecular weight is 288 g/mol. The van der Waals surface area contributed by atoms with E-state index in [-0.39, 0.29) is 12.6 Å². The van der Waals surface area contributed by atoms with E-state index in [0.29, 0.717) is 18.8 Å². The zero-order chi connectivity index (χ0) is 13.7. The van der Waals surface area contributed by atoms with E-state index in [1.54, 1.807) is 10.4 Å². The van der Waals surface area contributed by atoms with E-state index in [2.05, 4.69) is 19.7 Å². The predicted octanol–water partition coefficient (Wildman–Crippen LogP) is 0.0829. The van der Waals surface area contributed by atoms with Gasteiger partial charge in [0.2, 0.25) is 0 Å². The van der Waals surface area contributed by atoms with Crippen molar-refractivity contribution in [3.63, 3.8) is 0 Å². The molecule has 0 aliphatic carbocycles. The molecule has 0 bridgehead atoms. The van der Waals surface area contributed by atoms with Gasteiger partial charge in [-0.1, -0.05) is 11.6 Å². The fraction of sp³-hybridized carbons (Fsp3) is 0.727. The minimum atomic E-state index is -3.47. The zero-order valence-electron chi connectivity index (χ0n) is 11.0. The summed E-state index contributed by atoms with van der Waals surface area (Å²) in [5, 5.41) is 6.73. The van der Waals surface area contributed by atoms with Crippen molar-refractivity contribution < 1.29 is 12.9 Å². The summed E-state index contributed by atoms with van der Waals surface area (Å²) < 4.78 is 33.4. The van der Waals surface area contributed by atoms with Gasteiger partial charge in [0.1, 0.15) is 6.26 Å². The van der Waals surface area contributed by atoms with Crippen molar-refractivity contribution in [2.75, 3.05) is 20.1 Å². The Hall–Kier alpha value is -0.960. The van der Waals surface area contributed by atoms with E-state index in [1.807, 2.05) is 7.05 Å². The molecule has 0 amide bonds. The molecule has 1 fully saturated rings. The maximum absolute atomic E-state index is 12.3. The summed E-state index contributed by atoms with van der Waals surface area (Å²) in [5.41, 5.74) is 0.575. The number of piperidine rings is 1. The smallest absolute Gasteiger partial charge is 0.280 e. The Balaban J connectivity index is 2.00. The first-order chi connectivity index (χ1) is 9.13. The molecule has 2 N–H and O–H groups in total. The fourth-order valence-corrected chi connectivity index (χ4v) is 3.74. The van der Waals surface area contributed by atoms with Gasteiger partial charge >= 0.3 is 0 Å². The number of nitrogens with zero attached hydrogens (tertiary/aromatic N) is 2. The molecule has 108 valence electrons. The maximum Gasteiger partial charge on any atom is 0.280 e. The molecule has 2 rings (SSSR count). The van der Waals surface area contributed by atoms with Crippen LogP contribution in [0, 0.1) is 0 Å². The highest BCUT2D eigenvalue weighted by Crippen LogP contribution is 2.19. The molecule has 0 aromatic carbocycles. The first-order valence-electron chi connectivity index (χ1n) is 6.44. The molecular formula is C11H20N4O3S. The topological polar surface area (TPSA) is 87.5 Å². The van der Waals surface area contributed by atoms with E-state index in [9.17, 15) is 8.42 Å². The second-order valence-corrected chi connectivity index (χ2v) is 6.34. The molecule has 1 aromatic heterocycles. The van der Waals surface area contributed by atoms with E-state index >= 15 is 0 Å². The summed E-state index contributed by atoms with van der Waals surface area (Å²) in [6, 6.07) is 1.66. The Morgan fingerprint density at radius 1 is 1.53 bits per heavy atom. The molecule has 7 nitrogen and oxygen atoms in total. The van der Waals surface area contributed by atoms with Crippen LogP contribution in [0.5, 0.6) is 0 Å². The van der Waals surface area contributed by atoms with Gasteiger partial charge in [-0.15, -0.1) is 0 Å². The lowest BCUT2D eigenvalue weighted by atomic mass is 10.1. The van der Waals surface area contributed by atoms with Crippen molar-refractivity contribution in [3.05, 3.63) is 18.0 Å². The molecule has 1 aromatic rings. The Morgan fingerprint density at radius 3 is 3.05 bits per heavy atom. The highest BCUT2D eigenvalue weighted by Gasteiger charge is 2.31. The van der Waals surface area contributed by atoms with Crippen LogP contribution in [0.3, 0.4) is 0 Å². The molecule has 19 heavy (non-hydrogen) atoms. The first-order valence-corrected chi connectivity index (χ1v) is 7.88. The van der Waals surface area contributed by atoms with Crippen molar-refractivity contribution >= 4 is 10.2 Å². The first kappa shape index (κ1) is 14.4. The summed E-state index contributed by atoms with van der Waals surface area (Å²) in [6.07, 6.45) is 4.30. The number of rotatable bonds is 6. The SMILES string of the molecule is CNCC1CCCCN1S(=O)(=O)NCc1ccon1. The predicted molar refractivity (Wildman–Crippen MR) is 70.5 cm³/mol. The lowest BCUT2D eigenvalue weighted by Gasteiger charge is -2.34. The van der Waals surface area contributed by atoms with Gasteiger partial charge in [0.25, 0.3) is 10.2 Å². The minimum Gasteiger partial charge on any atom is -0.364 e. The number of nitrogens with one attached hydrogen (secondary N) is 2. The van der Waals surface area contributed by atoms with Gasteiger partial charge in [-0.3, -0.25) is 0 Å². The van der Waals surface area contributed by atoms with Gasteiger partial charge < -0.3 is 9.84 Å². The molecule has 1 aliphatic heterocycles. The lowest BCUT2D eigenvalue weighted by molar-refractivity contribution is 0.246. The van der Waals surface area contributed by atoms with Crippen molar-refractivity contribution in [3.8, 4) is 0 Å². The number of hydrogen-bond donors (Lipinski definition) is 2. The van der Waals surface area contributed by atoms with Crippen LogP contribution in [0.15, 0.2) is 16.9 Å². The Morgan fingerprint density at radius 2 is 2.37 bits per heavy atom. The van der Waals surface area contributed by atoms with Crippen molar-refractivity contribution in [1.82, 2.24) is 19.5 Å². The van der Waals surface area contributed by atoms with Crippen LogP contribution < -0.4 is 10.0 Å². The number of aromatic nitrogens is 1. The monoisotopic (exact) mass is 288 g/mol. The molecule has 1 aliphatic rings.